The molecule has 2 atom stereocenters. The van der Waals surface area contributed by atoms with Crippen LogP contribution in [0, 0.1) is 5.82 Å². The highest BCUT2D eigenvalue weighted by atomic mass is 32.1. The minimum Gasteiger partial charge on any atom is -0.491 e. The van der Waals surface area contributed by atoms with E-state index in [9.17, 15) is 14.0 Å². The Bertz CT molecular complexity index is 944. The number of nitrogens with zero attached hydrogens (tertiary/aromatic N) is 2. The van der Waals surface area contributed by atoms with Crippen LogP contribution in [0.1, 0.15) is 42.7 Å². The first-order chi connectivity index (χ1) is 15.5. The van der Waals surface area contributed by atoms with Crippen molar-refractivity contribution in [2.75, 3.05) is 32.8 Å². The van der Waals surface area contributed by atoms with Gasteiger partial charge in [0.2, 0.25) is 11.8 Å². The van der Waals surface area contributed by atoms with Crippen molar-refractivity contribution in [3.8, 4) is 5.75 Å². The Balaban J connectivity index is 1.48. The van der Waals surface area contributed by atoms with E-state index < -0.39 is 0 Å². The van der Waals surface area contributed by atoms with E-state index in [4.69, 9.17) is 9.47 Å². The van der Waals surface area contributed by atoms with E-state index >= 15 is 0 Å². The topological polar surface area (TPSA) is 59.1 Å². The van der Waals surface area contributed by atoms with Crippen molar-refractivity contribution < 1.29 is 23.5 Å². The van der Waals surface area contributed by atoms with Crippen molar-refractivity contribution >= 4 is 23.2 Å². The van der Waals surface area contributed by atoms with E-state index in [0.29, 0.717) is 31.9 Å². The number of amides is 2. The van der Waals surface area contributed by atoms with Gasteiger partial charge in [0.05, 0.1) is 18.7 Å². The summed E-state index contributed by atoms with van der Waals surface area (Å²) in [4.78, 5) is 30.6. The normalized spacial score (nSPS) is 20.1. The van der Waals surface area contributed by atoms with E-state index in [1.165, 1.54) is 17.0 Å². The number of benzene rings is 1. The molecule has 8 heteroatoms. The van der Waals surface area contributed by atoms with Gasteiger partial charge in [-0.05, 0) is 48.4 Å². The minimum atomic E-state index is -0.363. The zero-order chi connectivity index (χ0) is 22.5. The molecule has 0 radical (unpaired) electrons. The second-order valence-corrected chi connectivity index (χ2v) is 9.18. The summed E-state index contributed by atoms with van der Waals surface area (Å²) in [5.41, 5.74) is 1.07. The quantitative estimate of drug-likeness (QED) is 0.601. The molecule has 0 aliphatic carbocycles. The molecular weight excluding hydrogens is 431 g/mol. The number of rotatable bonds is 8. The lowest BCUT2D eigenvalue weighted by molar-refractivity contribution is -0.143. The first-order valence-corrected chi connectivity index (χ1v) is 12.1. The van der Waals surface area contributed by atoms with Crippen LogP contribution >= 0.6 is 11.3 Å². The largest absolute Gasteiger partial charge is 0.491 e. The fourth-order valence-corrected chi connectivity index (χ4v) is 5.30. The molecule has 0 bridgehead atoms. The zero-order valence-electron chi connectivity index (χ0n) is 18.3. The lowest BCUT2D eigenvalue weighted by Gasteiger charge is -2.37. The molecule has 2 aliphatic heterocycles. The van der Waals surface area contributed by atoms with E-state index in [2.05, 4.69) is 0 Å². The molecule has 6 nitrogen and oxygen atoms in total. The van der Waals surface area contributed by atoms with E-state index in [-0.39, 0.29) is 42.9 Å². The number of carbonyl (C=O) groups excluding carboxylic acids is 2. The van der Waals surface area contributed by atoms with Crippen LogP contribution in [-0.2, 0) is 20.7 Å². The van der Waals surface area contributed by atoms with Crippen LogP contribution < -0.4 is 4.74 Å². The predicted octanol–water partition coefficient (Wildman–Crippen LogP) is 3.81. The van der Waals surface area contributed by atoms with Crippen molar-refractivity contribution in [2.24, 2.45) is 0 Å². The Kier molecular flexibility index (Phi) is 7.42. The van der Waals surface area contributed by atoms with Crippen molar-refractivity contribution in [2.45, 2.75) is 44.8 Å². The Morgan fingerprint density at radius 3 is 2.97 bits per heavy atom. The fraction of sp³-hybridized carbons (Fsp3) is 0.500. The molecule has 172 valence electrons. The Morgan fingerprint density at radius 1 is 1.34 bits per heavy atom. The molecule has 3 heterocycles. The average molecular weight is 461 g/mol. The number of carbonyl (C=O) groups is 2. The number of ether oxygens (including phenoxy) is 2. The molecule has 1 saturated heterocycles. The number of hydrogen-bond acceptors (Lipinski definition) is 5. The monoisotopic (exact) mass is 460 g/mol. The molecule has 0 unspecified atom stereocenters. The van der Waals surface area contributed by atoms with Crippen molar-refractivity contribution in [3.05, 3.63) is 52.0 Å². The molecule has 1 aromatic heterocycles. The molecule has 2 amide bonds. The zero-order valence-corrected chi connectivity index (χ0v) is 19.1. The number of fused-ring (bicyclic) bond motifs is 1. The van der Waals surface area contributed by atoms with E-state index in [0.717, 1.165) is 24.8 Å². The summed E-state index contributed by atoms with van der Waals surface area (Å²) in [5.74, 6) is -0.0804. The maximum Gasteiger partial charge on any atom is 0.242 e. The number of hydrogen-bond donors (Lipinski definition) is 0. The van der Waals surface area contributed by atoms with Crippen LogP contribution in [0.3, 0.4) is 0 Å². The van der Waals surface area contributed by atoms with Gasteiger partial charge >= 0.3 is 0 Å². The smallest absolute Gasteiger partial charge is 0.242 e. The van der Waals surface area contributed by atoms with Gasteiger partial charge in [0, 0.05) is 37.1 Å². The van der Waals surface area contributed by atoms with Crippen molar-refractivity contribution in [3.63, 3.8) is 0 Å². The minimum absolute atomic E-state index is 0.00441. The van der Waals surface area contributed by atoms with Gasteiger partial charge in [0.1, 0.15) is 18.2 Å². The summed E-state index contributed by atoms with van der Waals surface area (Å²) in [6.07, 6.45) is 3.02. The Morgan fingerprint density at radius 2 is 2.22 bits per heavy atom. The lowest BCUT2D eigenvalue weighted by atomic mass is 10.0. The summed E-state index contributed by atoms with van der Waals surface area (Å²) >= 11 is 1.68. The van der Waals surface area contributed by atoms with Gasteiger partial charge in [-0.25, -0.2) is 4.39 Å². The summed E-state index contributed by atoms with van der Waals surface area (Å²) < 4.78 is 25.1. The van der Waals surface area contributed by atoms with Gasteiger partial charge in [0.25, 0.3) is 0 Å². The number of thiophene rings is 1. The van der Waals surface area contributed by atoms with Crippen LogP contribution in [0.4, 0.5) is 4.39 Å². The highest BCUT2D eigenvalue weighted by Crippen LogP contribution is 2.34. The van der Waals surface area contributed by atoms with Gasteiger partial charge in [-0.3, -0.25) is 9.59 Å². The standard InChI is InChI=1S/C24H29FN2O4S/c1-2-23(28)26(14-19-7-4-11-30-19)15-24(29)27-10-8-22-20(9-12-32-22)21(27)16-31-18-6-3-5-17(25)13-18/h3,5-6,9,12-13,19,21H,2,4,7-8,10-11,14-16H2,1H3/t19-,21-/m0/s1. The average Bonchev–Trinajstić information content (AvgIpc) is 3.48. The van der Waals surface area contributed by atoms with Gasteiger partial charge in [-0.2, -0.15) is 0 Å². The Hall–Kier alpha value is -2.45. The second-order valence-electron chi connectivity index (χ2n) is 8.18. The van der Waals surface area contributed by atoms with Crippen LogP contribution in [0.2, 0.25) is 0 Å². The van der Waals surface area contributed by atoms with Gasteiger partial charge in [0.15, 0.2) is 0 Å². The SMILES string of the molecule is CCC(=O)N(CC(=O)N1CCc2sccc2[C@@H]1COc1cccc(F)c1)C[C@@H]1CCCO1. The van der Waals surface area contributed by atoms with Crippen LogP contribution in [0.15, 0.2) is 35.7 Å². The second kappa shape index (κ2) is 10.4. The predicted molar refractivity (Wildman–Crippen MR) is 120 cm³/mol. The van der Waals surface area contributed by atoms with Crippen molar-refractivity contribution in [1.29, 1.82) is 0 Å². The molecule has 4 rings (SSSR count). The summed E-state index contributed by atoms with van der Waals surface area (Å²) in [6.45, 7) is 3.79. The molecule has 1 aromatic carbocycles. The van der Waals surface area contributed by atoms with Crippen LogP contribution in [0.5, 0.6) is 5.75 Å². The molecule has 0 spiro atoms. The maximum absolute atomic E-state index is 13.6. The van der Waals surface area contributed by atoms with Gasteiger partial charge < -0.3 is 19.3 Å². The van der Waals surface area contributed by atoms with Crippen LogP contribution in [-0.4, -0.2) is 60.6 Å². The maximum atomic E-state index is 13.6. The highest BCUT2D eigenvalue weighted by molar-refractivity contribution is 7.10. The summed E-state index contributed by atoms with van der Waals surface area (Å²) in [5, 5.41) is 2.03. The Labute approximate surface area is 191 Å². The first-order valence-electron chi connectivity index (χ1n) is 11.2. The third kappa shape index (κ3) is 5.30. The fourth-order valence-electron chi connectivity index (χ4n) is 4.37. The van der Waals surface area contributed by atoms with E-state index in [1.54, 1.807) is 33.3 Å². The molecule has 0 saturated carbocycles. The molecule has 32 heavy (non-hydrogen) atoms. The van der Waals surface area contributed by atoms with E-state index in [1.807, 2.05) is 18.4 Å². The van der Waals surface area contributed by atoms with Gasteiger partial charge in [-0.15, -0.1) is 11.3 Å². The molecule has 2 aromatic rings. The van der Waals surface area contributed by atoms with Crippen molar-refractivity contribution in [1.82, 2.24) is 9.80 Å². The number of halogens is 1. The molecule has 2 aliphatic rings. The molecule has 0 N–H and O–H groups in total. The third-order valence-corrected chi connectivity index (χ3v) is 7.04. The highest BCUT2D eigenvalue weighted by Gasteiger charge is 2.34. The third-order valence-electron chi connectivity index (χ3n) is 6.05. The molecule has 1 fully saturated rings. The lowest BCUT2D eigenvalue weighted by Crippen LogP contribution is -2.49. The molecular formula is C24H29FN2O4S. The summed E-state index contributed by atoms with van der Waals surface area (Å²) in [7, 11) is 0. The van der Waals surface area contributed by atoms with Crippen LogP contribution in [0.25, 0.3) is 0 Å². The summed E-state index contributed by atoms with van der Waals surface area (Å²) in [6, 6.07) is 7.77. The van der Waals surface area contributed by atoms with Gasteiger partial charge in [-0.1, -0.05) is 13.0 Å². The first kappa shape index (κ1) is 22.7.